The van der Waals surface area contributed by atoms with E-state index in [2.05, 4.69) is 10.2 Å². The number of carbonyl (C=O) groups is 1. The maximum atomic E-state index is 13.0. The van der Waals surface area contributed by atoms with E-state index in [0.29, 0.717) is 12.1 Å². The summed E-state index contributed by atoms with van der Waals surface area (Å²) in [6, 6.07) is 4.12. The molecular weight excluding hydrogens is 273 g/mol. The van der Waals surface area contributed by atoms with Gasteiger partial charge in [-0.25, -0.2) is 4.39 Å². The molecule has 0 aromatic heterocycles. The maximum Gasteiger partial charge on any atom is 0.224 e. The summed E-state index contributed by atoms with van der Waals surface area (Å²) in [5.74, 6) is -0.613. The third-order valence-electron chi connectivity index (χ3n) is 3.15. The second-order valence-electron chi connectivity index (χ2n) is 5.33. The minimum atomic E-state index is -0.493. The summed E-state index contributed by atoms with van der Waals surface area (Å²) in [6.07, 6.45) is 1.52. The summed E-state index contributed by atoms with van der Waals surface area (Å²) in [6.45, 7) is 3.34. The normalized spacial score (nSPS) is 12.4. The molecule has 1 amide bonds. The number of nitrogens with two attached hydrogens (primary N) is 1. The zero-order chi connectivity index (χ0) is 15.8. The molecule has 118 valence electrons. The van der Waals surface area contributed by atoms with Gasteiger partial charge in [0.1, 0.15) is 5.82 Å². The number of benzene rings is 1. The average Bonchev–Trinajstić information content (AvgIpc) is 2.40. The van der Waals surface area contributed by atoms with E-state index in [0.717, 1.165) is 25.9 Å². The Balaban J connectivity index is 2.26. The molecule has 0 aliphatic carbocycles. The fourth-order valence-electron chi connectivity index (χ4n) is 1.87. The first-order chi connectivity index (χ1) is 9.88. The number of hydrogen-bond donors (Lipinski definition) is 3. The van der Waals surface area contributed by atoms with Crippen LogP contribution in [0.4, 0.5) is 15.8 Å². The van der Waals surface area contributed by atoms with E-state index in [4.69, 9.17) is 5.73 Å². The SMILES string of the molecule is CC(O)CCN(C)CCCC(=O)Nc1ccc(F)c(N)c1. The Morgan fingerprint density at radius 3 is 2.81 bits per heavy atom. The van der Waals surface area contributed by atoms with Crippen LogP contribution in [0, 0.1) is 5.82 Å². The molecule has 1 atom stereocenters. The number of anilines is 2. The summed E-state index contributed by atoms with van der Waals surface area (Å²) >= 11 is 0. The molecule has 6 heteroatoms. The standard InChI is InChI=1S/C15H24FN3O2/c1-11(20)7-9-19(2)8-3-4-15(21)18-12-5-6-13(16)14(17)10-12/h5-6,10-11,20H,3-4,7-9,17H2,1-2H3,(H,18,21). The van der Waals surface area contributed by atoms with Crippen LogP contribution in [0.25, 0.3) is 0 Å². The molecule has 21 heavy (non-hydrogen) atoms. The van der Waals surface area contributed by atoms with Crippen molar-refractivity contribution in [3.8, 4) is 0 Å². The number of aliphatic hydroxyl groups is 1. The number of hydrogen-bond acceptors (Lipinski definition) is 4. The molecule has 1 aromatic carbocycles. The van der Waals surface area contributed by atoms with Gasteiger partial charge >= 0.3 is 0 Å². The summed E-state index contributed by atoms with van der Waals surface area (Å²) in [5.41, 5.74) is 5.96. The van der Waals surface area contributed by atoms with Gasteiger partial charge in [0, 0.05) is 18.7 Å². The van der Waals surface area contributed by atoms with Gasteiger partial charge in [0.2, 0.25) is 5.91 Å². The number of nitrogens with zero attached hydrogens (tertiary/aromatic N) is 1. The highest BCUT2D eigenvalue weighted by molar-refractivity contribution is 5.91. The lowest BCUT2D eigenvalue weighted by Gasteiger charge is -2.17. The van der Waals surface area contributed by atoms with Gasteiger partial charge in [-0.3, -0.25) is 4.79 Å². The molecule has 0 saturated heterocycles. The van der Waals surface area contributed by atoms with Crippen LogP contribution in [0.5, 0.6) is 0 Å². The van der Waals surface area contributed by atoms with Crippen molar-refractivity contribution >= 4 is 17.3 Å². The Hall–Kier alpha value is -1.66. The lowest BCUT2D eigenvalue weighted by atomic mass is 10.2. The zero-order valence-corrected chi connectivity index (χ0v) is 12.6. The fraction of sp³-hybridized carbons (Fsp3) is 0.533. The Morgan fingerprint density at radius 2 is 2.19 bits per heavy atom. The number of aliphatic hydroxyl groups excluding tert-OH is 1. The number of halogens is 1. The van der Waals surface area contributed by atoms with Crippen LogP contribution in [0.3, 0.4) is 0 Å². The largest absolute Gasteiger partial charge is 0.396 e. The van der Waals surface area contributed by atoms with Gasteiger partial charge in [-0.1, -0.05) is 0 Å². The number of nitrogen functional groups attached to an aromatic ring is 1. The van der Waals surface area contributed by atoms with Gasteiger partial charge in [-0.05, 0) is 51.6 Å². The Kier molecular flexibility index (Phi) is 7.11. The lowest BCUT2D eigenvalue weighted by molar-refractivity contribution is -0.116. The predicted octanol–water partition coefficient (Wildman–Crippen LogP) is 1.83. The van der Waals surface area contributed by atoms with E-state index in [1.54, 1.807) is 6.92 Å². The fourth-order valence-corrected chi connectivity index (χ4v) is 1.87. The molecule has 0 bridgehead atoms. The highest BCUT2D eigenvalue weighted by Crippen LogP contribution is 2.16. The second kappa shape index (κ2) is 8.59. The summed E-state index contributed by atoms with van der Waals surface area (Å²) in [7, 11) is 1.96. The first kappa shape index (κ1) is 17.4. The van der Waals surface area contributed by atoms with Crippen molar-refractivity contribution in [2.45, 2.75) is 32.3 Å². The zero-order valence-electron chi connectivity index (χ0n) is 12.6. The predicted molar refractivity (Wildman–Crippen MR) is 82.5 cm³/mol. The first-order valence-electron chi connectivity index (χ1n) is 7.10. The van der Waals surface area contributed by atoms with Gasteiger partial charge in [-0.15, -0.1) is 0 Å². The van der Waals surface area contributed by atoms with Crippen LogP contribution < -0.4 is 11.1 Å². The van der Waals surface area contributed by atoms with Gasteiger partial charge in [0.15, 0.2) is 0 Å². The molecule has 1 rings (SSSR count). The Morgan fingerprint density at radius 1 is 1.48 bits per heavy atom. The van der Waals surface area contributed by atoms with Crippen molar-refractivity contribution in [1.29, 1.82) is 0 Å². The monoisotopic (exact) mass is 297 g/mol. The van der Waals surface area contributed by atoms with E-state index in [-0.39, 0.29) is 17.7 Å². The number of amides is 1. The van der Waals surface area contributed by atoms with Crippen LogP contribution in [0.2, 0.25) is 0 Å². The van der Waals surface area contributed by atoms with Crippen molar-refractivity contribution < 1.29 is 14.3 Å². The van der Waals surface area contributed by atoms with Crippen molar-refractivity contribution in [3.05, 3.63) is 24.0 Å². The van der Waals surface area contributed by atoms with Gasteiger partial charge in [-0.2, -0.15) is 0 Å². The third-order valence-corrected chi connectivity index (χ3v) is 3.15. The van der Waals surface area contributed by atoms with Crippen molar-refractivity contribution in [2.24, 2.45) is 0 Å². The number of rotatable bonds is 8. The quantitative estimate of drug-likeness (QED) is 0.640. The van der Waals surface area contributed by atoms with E-state index >= 15 is 0 Å². The lowest BCUT2D eigenvalue weighted by Crippen LogP contribution is -2.24. The summed E-state index contributed by atoms with van der Waals surface area (Å²) < 4.78 is 13.0. The van der Waals surface area contributed by atoms with E-state index < -0.39 is 5.82 Å². The van der Waals surface area contributed by atoms with E-state index in [1.165, 1.54) is 18.2 Å². The molecule has 0 heterocycles. The van der Waals surface area contributed by atoms with Crippen molar-refractivity contribution in [2.75, 3.05) is 31.2 Å². The smallest absolute Gasteiger partial charge is 0.224 e. The molecule has 0 saturated carbocycles. The molecule has 5 nitrogen and oxygen atoms in total. The van der Waals surface area contributed by atoms with Crippen LogP contribution in [0.1, 0.15) is 26.2 Å². The molecule has 1 unspecified atom stereocenters. The Bertz CT molecular complexity index is 466. The minimum absolute atomic E-state index is 0.0191. The molecule has 4 N–H and O–H groups in total. The number of nitrogens with one attached hydrogen (secondary N) is 1. The molecule has 0 aliphatic heterocycles. The van der Waals surface area contributed by atoms with Crippen molar-refractivity contribution in [3.63, 3.8) is 0 Å². The minimum Gasteiger partial charge on any atom is -0.396 e. The van der Waals surface area contributed by atoms with Crippen LogP contribution in [0.15, 0.2) is 18.2 Å². The van der Waals surface area contributed by atoms with Gasteiger partial charge < -0.3 is 21.1 Å². The van der Waals surface area contributed by atoms with Crippen molar-refractivity contribution in [1.82, 2.24) is 4.90 Å². The van der Waals surface area contributed by atoms with Gasteiger partial charge in [0.25, 0.3) is 0 Å². The van der Waals surface area contributed by atoms with Crippen LogP contribution in [-0.4, -0.2) is 42.2 Å². The van der Waals surface area contributed by atoms with E-state index in [9.17, 15) is 14.3 Å². The van der Waals surface area contributed by atoms with Crippen LogP contribution >= 0.6 is 0 Å². The Labute approximate surface area is 124 Å². The van der Waals surface area contributed by atoms with Crippen LogP contribution in [-0.2, 0) is 4.79 Å². The molecule has 0 spiro atoms. The third kappa shape index (κ3) is 7.06. The molecule has 0 aliphatic rings. The molecule has 0 fully saturated rings. The highest BCUT2D eigenvalue weighted by Gasteiger charge is 2.06. The maximum absolute atomic E-state index is 13.0. The highest BCUT2D eigenvalue weighted by atomic mass is 19.1. The van der Waals surface area contributed by atoms with Gasteiger partial charge in [0.05, 0.1) is 11.8 Å². The first-order valence-corrected chi connectivity index (χ1v) is 7.10. The molecule has 0 radical (unpaired) electrons. The summed E-state index contributed by atoms with van der Waals surface area (Å²) in [4.78, 5) is 13.8. The number of carbonyl (C=O) groups excluding carboxylic acids is 1. The average molecular weight is 297 g/mol. The topological polar surface area (TPSA) is 78.6 Å². The molecule has 1 aromatic rings. The van der Waals surface area contributed by atoms with E-state index in [1.807, 2.05) is 7.05 Å². The second-order valence-corrected chi connectivity index (χ2v) is 5.33. The summed E-state index contributed by atoms with van der Waals surface area (Å²) in [5, 5.41) is 11.9. The molecular formula is C15H24FN3O2.